The van der Waals surface area contributed by atoms with Crippen LogP contribution in [0.15, 0.2) is 30.5 Å². The van der Waals surface area contributed by atoms with E-state index in [1.54, 1.807) is 30.0 Å². The van der Waals surface area contributed by atoms with Gasteiger partial charge >= 0.3 is 0 Å². The summed E-state index contributed by atoms with van der Waals surface area (Å²) in [5.74, 6) is 1.17. The molecule has 0 atom stereocenters. The maximum Gasteiger partial charge on any atom is 0.247 e. The Balaban J connectivity index is 1.70. The zero-order valence-corrected chi connectivity index (χ0v) is 13.3. The molecule has 1 saturated heterocycles. The molecule has 0 spiro atoms. The number of aromatic nitrogens is 3. The molecule has 2 heterocycles. The highest BCUT2D eigenvalue weighted by molar-refractivity contribution is 5.73. The fraction of sp³-hybridized carbons (Fsp3) is 0.312. The lowest BCUT2D eigenvalue weighted by molar-refractivity contribution is -0.129. The van der Waals surface area contributed by atoms with Crippen LogP contribution in [0.4, 0.5) is 17.5 Å². The molecule has 24 heavy (non-hydrogen) atoms. The number of amides is 1. The summed E-state index contributed by atoms with van der Waals surface area (Å²) in [4.78, 5) is 19.7. The summed E-state index contributed by atoms with van der Waals surface area (Å²) in [5.41, 5.74) is 1.34. The third-order valence-electron chi connectivity index (χ3n) is 3.82. The van der Waals surface area contributed by atoms with Crippen molar-refractivity contribution in [1.82, 2.24) is 20.1 Å². The number of nitrogens with one attached hydrogen (secondary N) is 1. The van der Waals surface area contributed by atoms with Crippen molar-refractivity contribution in [2.24, 2.45) is 0 Å². The maximum absolute atomic E-state index is 11.4. The van der Waals surface area contributed by atoms with Crippen molar-refractivity contribution >= 4 is 23.4 Å². The average Bonchev–Trinajstić information content (AvgIpc) is 2.62. The number of carbonyl (C=O) groups excluding carboxylic acids is 1. The summed E-state index contributed by atoms with van der Waals surface area (Å²) < 4.78 is 0. The fourth-order valence-electron chi connectivity index (χ4n) is 2.52. The number of carbonyl (C=O) groups is 1. The molecule has 1 N–H and O–H groups in total. The number of anilines is 3. The minimum atomic E-state index is 0.0847. The second-order valence-corrected chi connectivity index (χ2v) is 5.45. The molecule has 0 bridgehead atoms. The standard InChI is InChI=1S/C16H17N7O/c1-12(24)22-5-7-23(8-6-22)16-20-15(11-18-21-16)19-14-4-2-3-13(9-14)10-17/h2-4,9,11H,5-8H2,1H3,(H,19,20,21). The van der Waals surface area contributed by atoms with E-state index in [-0.39, 0.29) is 5.91 Å². The molecule has 1 aliphatic rings. The molecule has 1 amide bonds. The summed E-state index contributed by atoms with van der Waals surface area (Å²) in [6.45, 7) is 4.23. The molecule has 8 heteroatoms. The van der Waals surface area contributed by atoms with Crippen molar-refractivity contribution in [1.29, 1.82) is 5.26 Å². The van der Waals surface area contributed by atoms with Crippen LogP contribution >= 0.6 is 0 Å². The van der Waals surface area contributed by atoms with Gasteiger partial charge in [-0.05, 0) is 18.2 Å². The minimum Gasteiger partial charge on any atom is -0.339 e. The van der Waals surface area contributed by atoms with Gasteiger partial charge in [-0.1, -0.05) is 6.07 Å². The van der Waals surface area contributed by atoms with Gasteiger partial charge in [0.15, 0.2) is 5.82 Å². The van der Waals surface area contributed by atoms with Crippen LogP contribution in [0.5, 0.6) is 0 Å². The van der Waals surface area contributed by atoms with E-state index >= 15 is 0 Å². The lowest BCUT2D eigenvalue weighted by atomic mass is 10.2. The first-order chi connectivity index (χ1) is 11.7. The van der Waals surface area contributed by atoms with Gasteiger partial charge in [0.2, 0.25) is 11.9 Å². The van der Waals surface area contributed by atoms with Crippen LogP contribution < -0.4 is 10.2 Å². The van der Waals surface area contributed by atoms with Crippen molar-refractivity contribution in [2.45, 2.75) is 6.92 Å². The molecular weight excluding hydrogens is 306 g/mol. The molecular formula is C16H17N7O. The van der Waals surface area contributed by atoms with Gasteiger partial charge in [-0.2, -0.15) is 15.3 Å². The Morgan fingerprint density at radius 1 is 1.29 bits per heavy atom. The van der Waals surface area contributed by atoms with Gasteiger partial charge in [-0.25, -0.2) is 0 Å². The predicted octanol–water partition coefficient (Wildman–Crippen LogP) is 1.16. The second kappa shape index (κ2) is 6.91. The predicted molar refractivity (Wildman–Crippen MR) is 88.7 cm³/mol. The highest BCUT2D eigenvalue weighted by Crippen LogP contribution is 2.17. The van der Waals surface area contributed by atoms with E-state index in [4.69, 9.17) is 5.26 Å². The Labute approximate surface area is 139 Å². The summed E-state index contributed by atoms with van der Waals surface area (Å²) in [6, 6.07) is 9.24. The van der Waals surface area contributed by atoms with Gasteiger partial charge in [0.25, 0.3) is 0 Å². The van der Waals surface area contributed by atoms with E-state index in [9.17, 15) is 4.79 Å². The van der Waals surface area contributed by atoms with Gasteiger partial charge in [0, 0.05) is 38.8 Å². The van der Waals surface area contributed by atoms with E-state index in [1.807, 2.05) is 11.0 Å². The van der Waals surface area contributed by atoms with Crippen molar-refractivity contribution in [3.05, 3.63) is 36.0 Å². The van der Waals surface area contributed by atoms with Gasteiger partial charge in [0.05, 0.1) is 17.8 Å². The average molecular weight is 323 g/mol. The second-order valence-electron chi connectivity index (χ2n) is 5.45. The van der Waals surface area contributed by atoms with Crippen molar-refractivity contribution < 1.29 is 4.79 Å². The molecule has 0 saturated carbocycles. The SMILES string of the molecule is CC(=O)N1CCN(c2nncc(Nc3cccc(C#N)c3)n2)CC1. The Morgan fingerprint density at radius 2 is 2.08 bits per heavy atom. The highest BCUT2D eigenvalue weighted by atomic mass is 16.2. The van der Waals surface area contributed by atoms with Crippen LogP contribution in [0.25, 0.3) is 0 Å². The van der Waals surface area contributed by atoms with E-state index in [2.05, 4.69) is 26.6 Å². The number of piperazine rings is 1. The molecule has 0 unspecified atom stereocenters. The Morgan fingerprint density at radius 3 is 2.79 bits per heavy atom. The first-order valence-corrected chi connectivity index (χ1v) is 7.63. The van der Waals surface area contributed by atoms with Crippen LogP contribution in [-0.2, 0) is 4.79 Å². The van der Waals surface area contributed by atoms with Crippen LogP contribution in [0.2, 0.25) is 0 Å². The van der Waals surface area contributed by atoms with E-state index < -0.39 is 0 Å². The van der Waals surface area contributed by atoms with Crippen LogP contribution in [0, 0.1) is 11.3 Å². The number of hydrogen-bond acceptors (Lipinski definition) is 7. The smallest absolute Gasteiger partial charge is 0.247 e. The Bertz CT molecular complexity index is 778. The molecule has 8 nitrogen and oxygen atoms in total. The van der Waals surface area contributed by atoms with Gasteiger partial charge in [-0.3, -0.25) is 4.79 Å². The van der Waals surface area contributed by atoms with Crippen LogP contribution in [-0.4, -0.2) is 52.2 Å². The Hall–Kier alpha value is -3.21. The van der Waals surface area contributed by atoms with E-state index in [1.165, 1.54) is 6.20 Å². The van der Waals surface area contributed by atoms with E-state index in [0.29, 0.717) is 43.5 Å². The Kier molecular flexibility index (Phi) is 4.52. The van der Waals surface area contributed by atoms with Crippen LogP contribution in [0.3, 0.4) is 0 Å². The summed E-state index contributed by atoms with van der Waals surface area (Å²) in [6.07, 6.45) is 1.54. The van der Waals surface area contributed by atoms with Crippen LogP contribution in [0.1, 0.15) is 12.5 Å². The quantitative estimate of drug-likeness (QED) is 0.905. The third kappa shape index (κ3) is 3.57. The zero-order valence-electron chi connectivity index (χ0n) is 13.3. The molecule has 0 radical (unpaired) electrons. The maximum atomic E-state index is 11.4. The number of benzene rings is 1. The number of nitrogens with zero attached hydrogens (tertiary/aromatic N) is 6. The largest absolute Gasteiger partial charge is 0.339 e. The van der Waals surface area contributed by atoms with Crippen molar-refractivity contribution in [3.8, 4) is 6.07 Å². The molecule has 122 valence electrons. The minimum absolute atomic E-state index is 0.0847. The lowest BCUT2D eigenvalue weighted by Gasteiger charge is -2.33. The summed E-state index contributed by atoms with van der Waals surface area (Å²) in [7, 11) is 0. The summed E-state index contributed by atoms with van der Waals surface area (Å²) in [5, 5.41) is 20.1. The molecule has 1 fully saturated rings. The van der Waals surface area contributed by atoms with Crippen molar-refractivity contribution in [2.75, 3.05) is 36.4 Å². The highest BCUT2D eigenvalue weighted by Gasteiger charge is 2.20. The van der Waals surface area contributed by atoms with Crippen molar-refractivity contribution in [3.63, 3.8) is 0 Å². The van der Waals surface area contributed by atoms with E-state index in [0.717, 1.165) is 5.69 Å². The number of hydrogen-bond donors (Lipinski definition) is 1. The van der Waals surface area contributed by atoms with Gasteiger partial charge in [-0.15, -0.1) is 5.10 Å². The topological polar surface area (TPSA) is 98.0 Å². The molecule has 0 aliphatic carbocycles. The first-order valence-electron chi connectivity index (χ1n) is 7.63. The summed E-state index contributed by atoms with van der Waals surface area (Å²) >= 11 is 0. The molecule has 2 aromatic rings. The zero-order chi connectivity index (χ0) is 16.9. The number of rotatable bonds is 3. The fourth-order valence-corrected chi connectivity index (χ4v) is 2.52. The lowest BCUT2D eigenvalue weighted by Crippen LogP contribution is -2.48. The van der Waals surface area contributed by atoms with Gasteiger partial charge < -0.3 is 15.1 Å². The number of nitriles is 1. The normalized spacial score (nSPS) is 14.2. The molecule has 1 aliphatic heterocycles. The van der Waals surface area contributed by atoms with Gasteiger partial charge in [0.1, 0.15) is 0 Å². The molecule has 1 aromatic carbocycles. The monoisotopic (exact) mass is 323 g/mol. The molecule has 1 aromatic heterocycles. The third-order valence-corrected chi connectivity index (χ3v) is 3.82. The first kappa shape index (κ1) is 15.7. The molecule has 3 rings (SSSR count).